The summed E-state index contributed by atoms with van der Waals surface area (Å²) in [5, 5.41) is 9.98. The first-order valence-electron chi connectivity index (χ1n) is 6.01. The van der Waals surface area contributed by atoms with E-state index in [-0.39, 0.29) is 11.7 Å². The van der Waals surface area contributed by atoms with Crippen molar-refractivity contribution in [1.82, 2.24) is 0 Å². The zero-order chi connectivity index (χ0) is 10.4. The number of unbranched alkanes of at least 4 members (excludes halogenated alkanes) is 3. The molecule has 2 atom stereocenters. The Balaban J connectivity index is 2.16. The van der Waals surface area contributed by atoms with Gasteiger partial charge in [-0.05, 0) is 26.2 Å². The highest BCUT2D eigenvalue weighted by Crippen LogP contribution is 2.30. The van der Waals surface area contributed by atoms with Gasteiger partial charge < -0.3 is 9.84 Å². The van der Waals surface area contributed by atoms with Crippen LogP contribution in [0.5, 0.6) is 0 Å². The van der Waals surface area contributed by atoms with Crippen LogP contribution in [0.15, 0.2) is 0 Å². The van der Waals surface area contributed by atoms with Crippen molar-refractivity contribution in [3.05, 3.63) is 0 Å². The van der Waals surface area contributed by atoms with Gasteiger partial charge in [0.25, 0.3) is 0 Å². The number of hydrogen-bond acceptors (Lipinski definition) is 2. The molecule has 0 aromatic rings. The lowest BCUT2D eigenvalue weighted by Crippen LogP contribution is -2.38. The molecule has 84 valence electrons. The minimum atomic E-state index is -0.262. The van der Waals surface area contributed by atoms with E-state index in [9.17, 15) is 5.11 Å². The minimum absolute atomic E-state index is 0.244. The van der Waals surface area contributed by atoms with Crippen molar-refractivity contribution in [1.29, 1.82) is 0 Å². The number of aliphatic hydroxyl groups is 1. The molecule has 2 unspecified atom stereocenters. The van der Waals surface area contributed by atoms with E-state index in [4.69, 9.17) is 4.74 Å². The van der Waals surface area contributed by atoms with Gasteiger partial charge in [0.2, 0.25) is 0 Å². The maximum Gasteiger partial charge on any atom is 0.0913 e. The third-order valence-corrected chi connectivity index (χ3v) is 3.29. The molecule has 1 aliphatic rings. The standard InChI is InChI=1S/C12H24O2/c1-3-4-5-6-8-11(13)12(2)9-7-10-14-12/h11,13H,3-10H2,1-2H3. The Kier molecular flexibility index (Phi) is 4.90. The van der Waals surface area contributed by atoms with Crippen LogP contribution >= 0.6 is 0 Å². The largest absolute Gasteiger partial charge is 0.390 e. The highest BCUT2D eigenvalue weighted by molar-refractivity contribution is 4.87. The van der Waals surface area contributed by atoms with E-state index in [1.54, 1.807) is 0 Å². The lowest BCUT2D eigenvalue weighted by atomic mass is 9.91. The maximum atomic E-state index is 9.98. The van der Waals surface area contributed by atoms with Gasteiger partial charge in [0.1, 0.15) is 0 Å². The zero-order valence-electron chi connectivity index (χ0n) is 9.59. The van der Waals surface area contributed by atoms with Crippen LogP contribution in [-0.2, 0) is 4.74 Å². The topological polar surface area (TPSA) is 29.5 Å². The van der Waals surface area contributed by atoms with E-state index in [1.807, 2.05) is 6.92 Å². The van der Waals surface area contributed by atoms with Crippen molar-refractivity contribution >= 4 is 0 Å². The summed E-state index contributed by atoms with van der Waals surface area (Å²) in [6, 6.07) is 0. The van der Waals surface area contributed by atoms with Gasteiger partial charge in [0.05, 0.1) is 11.7 Å². The van der Waals surface area contributed by atoms with Gasteiger partial charge in [0.15, 0.2) is 0 Å². The molecule has 0 bridgehead atoms. The number of rotatable bonds is 6. The molecule has 1 N–H and O–H groups in total. The van der Waals surface area contributed by atoms with Crippen LogP contribution in [0.2, 0.25) is 0 Å². The molecule has 0 amide bonds. The number of ether oxygens (including phenoxy) is 1. The molecule has 0 spiro atoms. The fraction of sp³-hybridized carbons (Fsp3) is 1.00. The summed E-state index contributed by atoms with van der Waals surface area (Å²) >= 11 is 0. The fourth-order valence-corrected chi connectivity index (χ4v) is 2.13. The van der Waals surface area contributed by atoms with Gasteiger partial charge in [-0.1, -0.05) is 32.6 Å². The Bertz CT molecular complexity index is 150. The maximum absolute atomic E-state index is 9.98. The third kappa shape index (κ3) is 3.25. The fourth-order valence-electron chi connectivity index (χ4n) is 2.13. The molecule has 0 saturated carbocycles. The number of aliphatic hydroxyl groups excluding tert-OH is 1. The quantitative estimate of drug-likeness (QED) is 0.668. The van der Waals surface area contributed by atoms with Crippen LogP contribution < -0.4 is 0 Å². The van der Waals surface area contributed by atoms with Crippen molar-refractivity contribution < 1.29 is 9.84 Å². The van der Waals surface area contributed by atoms with Gasteiger partial charge in [-0.2, -0.15) is 0 Å². The van der Waals surface area contributed by atoms with Gasteiger partial charge in [-0.3, -0.25) is 0 Å². The Morgan fingerprint density at radius 2 is 2.14 bits per heavy atom. The predicted octanol–water partition coefficient (Wildman–Crippen LogP) is 2.89. The molecular formula is C12H24O2. The summed E-state index contributed by atoms with van der Waals surface area (Å²) in [6.07, 6.45) is 7.66. The molecule has 1 fully saturated rings. The zero-order valence-corrected chi connectivity index (χ0v) is 9.59. The van der Waals surface area contributed by atoms with E-state index < -0.39 is 0 Å². The van der Waals surface area contributed by atoms with Crippen molar-refractivity contribution in [2.75, 3.05) is 6.61 Å². The van der Waals surface area contributed by atoms with E-state index in [2.05, 4.69) is 6.92 Å². The van der Waals surface area contributed by atoms with Crippen molar-refractivity contribution in [3.63, 3.8) is 0 Å². The van der Waals surface area contributed by atoms with Crippen LogP contribution in [0.1, 0.15) is 58.8 Å². The SMILES string of the molecule is CCCCCCC(O)C1(C)CCCO1. The van der Waals surface area contributed by atoms with Crippen molar-refractivity contribution in [2.24, 2.45) is 0 Å². The predicted molar refractivity (Wildman–Crippen MR) is 58.4 cm³/mol. The van der Waals surface area contributed by atoms with Gasteiger partial charge in [-0.15, -0.1) is 0 Å². The van der Waals surface area contributed by atoms with Crippen LogP contribution in [0.4, 0.5) is 0 Å². The highest BCUT2D eigenvalue weighted by Gasteiger charge is 2.36. The van der Waals surface area contributed by atoms with Gasteiger partial charge in [-0.25, -0.2) is 0 Å². The molecule has 0 aliphatic carbocycles. The van der Waals surface area contributed by atoms with E-state index in [0.29, 0.717) is 0 Å². The Morgan fingerprint density at radius 1 is 1.36 bits per heavy atom. The normalized spacial score (nSPS) is 29.4. The lowest BCUT2D eigenvalue weighted by Gasteiger charge is -2.29. The Labute approximate surface area is 87.7 Å². The molecule has 0 aromatic heterocycles. The van der Waals surface area contributed by atoms with Gasteiger partial charge in [0, 0.05) is 6.61 Å². The van der Waals surface area contributed by atoms with Crippen LogP contribution in [0.25, 0.3) is 0 Å². The number of hydrogen-bond donors (Lipinski definition) is 1. The second kappa shape index (κ2) is 5.72. The molecule has 14 heavy (non-hydrogen) atoms. The van der Waals surface area contributed by atoms with Crippen molar-refractivity contribution in [3.8, 4) is 0 Å². The Morgan fingerprint density at radius 3 is 2.71 bits per heavy atom. The summed E-state index contributed by atoms with van der Waals surface area (Å²) in [7, 11) is 0. The van der Waals surface area contributed by atoms with Crippen LogP contribution in [0, 0.1) is 0 Å². The smallest absolute Gasteiger partial charge is 0.0913 e. The minimum Gasteiger partial charge on any atom is -0.390 e. The molecule has 1 heterocycles. The highest BCUT2D eigenvalue weighted by atomic mass is 16.5. The second-order valence-corrected chi connectivity index (χ2v) is 4.63. The second-order valence-electron chi connectivity index (χ2n) is 4.63. The summed E-state index contributed by atoms with van der Waals surface area (Å²) in [5.41, 5.74) is -0.244. The molecular weight excluding hydrogens is 176 g/mol. The molecule has 2 nitrogen and oxygen atoms in total. The van der Waals surface area contributed by atoms with E-state index in [1.165, 1.54) is 19.3 Å². The molecule has 1 rings (SSSR count). The average Bonchev–Trinajstić information content (AvgIpc) is 2.61. The average molecular weight is 200 g/mol. The van der Waals surface area contributed by atoms with E-state index in [0.717, 1.165) is 32.3 Å². The molecule has 0 aromatic carbocycles. The molecule has 2 heteroatoms. The van der Waals surface area contributed by atoms with Crippen LogP contribution in [0.3, 0.4) is 0 Å². The Hall–Kier alpha value is -0.0800. The lowest BCUT2D eigenvalue weighted by molar-refractivity contribution is -0.0810. The molecule has 0 radical (unpaired) electrons. The first kappa shape index (κ1) is 12.0. The van der Waals surface area contributed by atoms with Gasteiger partial charge >= 0.3 is 0 Å². The summed E-state index contributed by atoms with van der Waals surface area (Å²) in [5.74, 6) is 0. The monoisotopic (exact) mass is 200 g/mol. The molecule has 1 saturated heterocycles. The first-order valence-corrected chi connectivity index (χ1v) is 6.01. The van der Waals surface area contributed by atoms with Crippen LogP contribution in [-0.4, -0.2) is 23.4 Å². The first-order chi connectivity index (χ1) is 6.69. The summed E-state index contributed by atoms with van der Waals surface area (Å²) in [6.45, 7) is 5.07. The summed E-state index contributed by atoms with van der Waals surface area (Å²) < 4.78 is 5.61. The third-order valence-electron chi connectivity index (χ3n) is 3.29. The van der Waals surface area contributed by atoms with E-state index >= 15 is 0 Å². The molecule has 1 aliphatic heterocycles. The summed E-state index contributed by atoms with van der Waals surface area (Å²) in [4.78, 5) is 0. The van der Waals surface area contributed by atoms with Crippen molar-refractivity contribution in [2.45, 2.75) is 70.5 Å².